The molecule has 0 saturated carbocycles. The molecule has 0 aliphatic rings. The standard InChI is InChI=1S/C24H22N4O/c29-24(26-15-13-19-10-7-14-25-16-19)22-18-28(17-20-8-3-1-4-9-20)27-23(22)21-11-5-2-6-12-21/h1-12,14,16,18H,13,15,17H2,(H,26,29). The summed E-state index contributed by atoms with van der Waals surface area (Å²) in [5.41, 5.74) is 4.43. The van der Waals surface area contributed by atoms with Gasteiger partial charge in [-0.25, -0.2) is 0 Å². The molecule has 0 bridgehead atoms. The topological polar surface area (TPSA) is 59.8 Å². The molecule has 1 amide bonds. The molecule has 4 rings (SSSR count). The Morgan fingerprint density at radius 1 is 0.897 bits per heavy atom. The van der Waals surface area contributed by atoms with Crippen LogP contribution in [-0.2, 0) is 13.0 Å². The van der Waals surface area contributed by atoms with Crippen LogP contribution in [0.4, 0.5) is 0 Å². The second-order valence-electron chi connectivity index (χ2n) is 6.81. The monoisotopic (exact) mass is 382 g/mol. The molecule has 2 aromatic heterocycles. The number of aromatic nitrogens is 3. The first-order chi connectivity index (χ1) is 14.3. The van der Waals surface area contributed by atoms with E-state index in [1.807, 2.05) is 77.7 Å². The van der Waals surface area contributed by atoms with Crippen LogP contribution in [0.3, 0.4) is 0 Å². The third kappa shape index (κ3) is 4.76. The van der Waals surface area contributed by atoms with Gasteiger partial charge in [0.2, 0.25) is 0 Å². The summed E-state index contributed by atoms with van der Waals surface area (Å²) in [6, 6.07) is 23.8. The normalized spacial score (nSPS) is 10.6. The van der Waals surface area contributed by atoms with E-state index in [2.05, 4.69) is 22.4 Å². The van der Waals surface area contributed by atoms with Gasteiger partial charge in [-0.05, 0) is 23.6 Å². The van der Waals surface area contributed by atoms with Gasteiger partial charge in [0.05, 0.1) is 12.1 Å². The lowest BCUT2D eigenvalue weighted by Crippen LogP contribution is -2.25. The first-order valence-corrected chi connectivity index (χ1v) is 9.63. The number of benzene rings is 2. The minimum absolute atomic E-state index is 0.118. The van der Waals surface area contributed by atoms with Gasteiger partial charge in [0.15, 0.2) is 0 Å². The van der Waals surface area contributed by atoms with E-state index in [1.165, 1.54) is 0 Å². The first kappa shape index (κ1) is 18.6. The Bertz CT molecular complexity index is 1060. The second-order valence-corrected chi connectivity index (χ2v) is 6.81. The van der Waals surface area contributed by atoms with Gasteiger partial charge in [0.25, 0.3) is 5.91 Å². The smallest absolute Gasteiger partial charge is 0.255 e. The van der Waals surface area contributed by atoms with Crippen LogP contribution < -0.4 is 5.32 Å². The minimum atomic E-state index is -0.118. The molecule has 5 heteroatoms. The molecule has 0 saturated heterocycles. The molecule has 0 atom stereocenters. The van der Waals surface area contributed by atoms with Crippen LogP contribution in [0.5, 0.6) is 0 Å². The predicted molar refractivity (Wildman–Crippen MR) is 113 cm³/mol. The van der Waals surface area contributed by atoms with Crippen molar-refractivity contribution >= 4 is 5.91 Å². The zero-order chi connectivity index (χ0) is 19.9. The number of hydrogen-bond acceptors (Lipinski definition) is 3. The van der Waals surface area contributed by atoms with Crippen LogP contribution in [0.15, 0.2) is 91.4 Å². The number of carbonyl (C=O) groups is 1. The molecular weight excluding hydrogens is 360 g/mol. The Hall–Kier alpha value is -3.73. The van der Waals surface area contributed by atoms with Crippen LogP contribution in [-0.4, -0.2) is 27.2 Å². The van der Waals surface area contributed by atoms with Crippen LogP contribution in [0.1, 0.15) is 21.5 Å². The number of amides is 1. The van der Waals surface area contributed by atoms with E-state index in [4.69, 9.17) is 5.10 Å². The van der Waals surface area contributed by atoms with Crippen molar-refractivity contribution in [1.29, 1.82) is 0 Å². The lowest BCUT2D eigenvalue weighted by Gasteiger charge is -2.05. The van der Waals surface area contributed by atoms with Crippen molar-refractivity contribution in [2.45, 2.75) is 13.0 Å². The van der Waals surface area contributed by atoms with Crippen LogP contribution in [0.2, 0.25) is 0 Å². The number of pyridine rings is 1. The number of carbonyl (C=O) groups excluding carboxylic acids is 1. The summed E-state index contributed by atoms with van der Waals surface area (Å²) >= 11 is 0. The highest BCUT2D eigenvalue weighted by atomic mass is 16.1. The van der Waals surface area contributed by atoms with E-state index < -0.39 is 0 Å². The van der Waals surface area contributed by atoms with Gasteiger partial charge < -0.3 is 5.32 Å². The zero-order valence-electron chi connectivity index (χ0n) is 16.0. The maximum Gasteiger partial charge on any atom is 0.255 e. The van der Waals surface area contributed by atoms with Crippen molar-refractivity contribution in [3.8, 4) is 11.3 Å². The van der Waals surface area contributed by atoms with Crippen molar-refractivity contribution in [3.63, 3.8) is 0 Å². The molecule has 1 N–H and O–H groups in total. The zero-order valence-corrected chi connectivity index (χ0v) is 16.0. The highest BCUT2D eigenvalue weighted by Gasteiger charge is 2.17. The van der Waals surface area contributed by atoms with E-state index in [0.29, 0.717) is 24.3 Å². The fourth-order valence-electron chi connectivity index (χ4n) is 3.21. The predicted octanol–water partition coefficient (Wildman–Crippen LogP) is 3.97. The molecule has 0 aliphatic carbocycles. The fraction of sp³-hybridized carbons (Fsp3) is 0.125. The van der Waals surface area contributed by atoms with E-state index in [9.17, 15) is 4.79 Å². The van der Waals surface area contributed by atoms with E-state index >= 15 is 0 Å². The van der Waals surface area contributed by atoms with Crippen molar-refractivity contribution in [2.24, 2.45) is 0 Å². The minimum Gasteiger partial charge on any atom is -0.352 e. The molecule has 0 unspecified atom stereocenters. The van der Waals surface area contributed by atoms with Gasteiger partial charge in [-0.1, -0.05) is 66.7 Å². The molecule has 0 aliphatic heterocycles. The Labute approximate surface area is 170 Å². The first-order valence-electron chi connectivity index (χ1n) is 9.63. The fourth-order valence-corrected chi connectivity index (χ4v) is 3.21. The SMILES string of the molecule is O=C(NCCc1cccnc1)c1cn(Cc2ccccc2)nc1-c1ccccc1. The molecule has 5 nitrogen and oxygen atoms in total. The summed E-state index contributed by atoms with van der Waals surface area (Å²) < 4.78 is 1.83. The third-order valence-electron chi connectivity index (χ3n) is 4.66. The molecule has 29 heavy (non-hydrogen) atoms. The number of nitrogens with one attached hydrogen (secondary N) is 1. The summed E-state index contributed by atoms with van der Waals surface area (Å²) in [5, 5.41) is 7.72. The van der Waals surface area contributed by atoms with E-state index in [1.54, 1.807) is 6.20 Å². The Kier molecular flexibility index (Phi) is 5.76. The number of hydrogen-bond donors (Lipinski definition) is 1. The molecule has 0 spiro atoms. The van der Waals surface area contributed by atoms with Crippen LogP contribution in [0, 0.1) is 0 Å². The third-order valence-corrected chi connectivity index (χ3v) is 4.66. The van der Waals surface area contributed by atoms with Gasteiger partial charge in [-0.2, -0.15) is 5.10 Å². The van der Waals surface area contributed by atoms with Crippen molar-refractivity contribution < 1.29 is 4.79 Å². The van der Waals surface area contributed by atoms with E-state index in [0.717, 1.165) is 23.1 Å². The quantitative estimate of drug-likeness (QED) is 0.526. The largest absolute Gasteiger partial charge is 0.352 e. The van der Waals surface area contributed by atoms with Gasteiger partial charge >= 0.3 is 0 Å². The molecular formula is C24H22N4O. The molecule has 144 valence electrons. The maximum atomic E-state index is 12.9. The highest BCUT2D eigenvalue weighted by Crippen LogP contribution is 2.22. The highest BCUT2D eigenvalue weighted by molar-refractivity contribution is 5.99. The summed E-state index contributed by atoms with van der Waals surface area (Å²) in [6.07, 6.45) is 6.13. The van der Waals surface area contributed by atoms with Gasteiger partial charge in [0.1, 0.15) is 5.69 Å². The van der Waals surface area contributed by atoms with Crippen LogP contribution in [0.25, 0.3) is 11.3 Å². The summed E-state index contributed by atoms with van der Waals surface area (Å²) in [7, 11) is 0. The number of rotatable bonds is 7. The van der Waals surface area contributed by atoms with Gasteiger partial charge in [0, 0.05) is 30.7 Å². The van der Waals surface area contributed by atoms with Crippen LogP contribution >= 0.6 is 0 Å². The van der Waals surface area contributed by atoms with Crippen molar-refractivity contribution in [3.05, 3.63) is 108 Å². The molecule has 0 radical (unpaired) electrons. The summed E-state index contributed by atoms with van der Waals surface area (Å²) in [6.45, 7) is 1.16. The lowest BCUT2D eigenvalue weighted by atomic mass is 10.1. The lowest BCUT2D eigenvalue weighted by molar-refractivity contribution is 0.0954. The van der Waals surface area contributed by atoms with Crippen molar-refractivity contribution in [1.82, 2.24) is 20.1 Å². The number of nitrogens with zero attached hydrogens (tertiary/aromatic N) is 3. The van der Waals surface area contributed by atoms with Gasteiger partial charge in [-0.3, -0.25) is 14.5 Å². The summed E-state index contributed by atoms with van der Waals surface area (Å²) in [5.74, 6) is -0.118. The Balaban J connectivity index is 1.54. The Morgan fingerprint density at radius 2 is 1.62 bits per heavy atom. The molecule has 4 aromatic rings. The van der Waals surface area contributed by atoms with E-state index in [-0.39, 0.29) is 5.91 Å². The summed E-state index contributed by atoms with van der Waals surface area (Å²) in [4.78, 5) is 17.0. The second kappa shape index (κ2) is 8.97. The van der Waals surface area contributed by atoms with Gasteiger partial charge in [-0.15, -0.1) is 0 Å². The average molecular weight is 382 g/mol. The van der Waals surface area contributed by atoms with Crippen molar-refractivity contribution in [2.75, 3.05) is 6.54 Å². The Morgan fingerprint density at radius 3 is 2.34 bits per heavy atom. The average Bonchev–Trinajstić information content (AvgIpc) is 3.20. The molecule has 2 heterocycles. The molecule has 2 aromatic carbocycles. The molecule has 0 fully saturated rings. The maximum absolute atomic E-state index is 12.9.